The first-order valence-corrected chi connectivity index (χ1v) is 2.09. The Kier molecular flexibility index (Phi) is 1.17. The molecule has 0 amide bonds. The van der Waals surface area contributed by atoms with E-state index in [4.69, 9.17) is 9.84 Å². The zero-order valence-corrected chi connectivity index (χ0v) is 3.85. The van der Waals surface area contributed by atoms with E-state index in [1.165, 1.54) is 6.26 Å². The summed E-state index contributed by atoms with van der Waals surface area (Å²) in [6.45, 7) is 0.538. The SMILES string of the molecule is OCC1=COCN1. The van der Waals surface area contributed by atoms with E-state index in [9.17, 15) is 0 Å². The largest absolute Gasteiger partial charge is 0.479 e. The van der Waals surface area contributed by atoms with Gasteiger partial charge in [-0.3, -0.25) is 0 Å². The molecule has 0 radical (unpaired) electrons. The van der Waals surface area contributed by atoms with Gasteiger partial charge in [0.1, 0.15) is 6.26 Å². The molecule has 0 unspecified atom stereocenters. The van der Waals surface area contributed by atoms with Crippen molar-refractivity contribution < 1.29 is 9.84 Å². The van der Waals surface area contributed by atoms with Crippen LogP contribution in [0.3, 0.4) is 0 Å². The first-order valence-electron chi connectivity index (χ1n) is 2.09. The lowest BCUT2D eigenvalue weighted by Crippen LogP contribution is -2.10. The van der Waals surface area contributed by atoms with E-state index in [1.54, 1.807) is 0 Å². The fourth-order valence-electron chi connectivity index (χ4n) is 0.411. The average Bonchev–Trinajstić information content (AvgIpc) is 2.14. The minimum atomic E-state index is 0.0417. The fraction of sp³-hybridized carbons (Fsp3) is 0.500. The monoisotopic (exact) mass is 101 g/mol. The summed E-state index contributed by atoms with van der Waals surface area (Å²) in [5.41, 5.74) is 0.750. The lowest BCUT2D eigenvalue weighted by molar-refractivity contribution is 0.266. The molecule has 3 nitrogen and oxygen atoms in total. The third-order valence-electron chi connectivity index (χ3n) is 0.779. The Morgan fingerprint density at radius 1 is 2.00 bits per heavy atom. The van der Waals surface area contributed by atoms with Gasteiger partial charge in [0, 0.05) is 0 Å². The summed E-state index contributed by atoms with van der Waals surface area (Å²) in [4.78, 5) is 0. The van der Waals surface area contributed by atoms with Crippen LogP contribution in [0.1, 0.15) is 0 Å². The van der Waals surface area contributed by atoms with Gasteiger partial charge in [-0.05, 0) is 0 Å². The molecule has 0 aliphatic carbocycles. The lowest BCUT2D eigenvalue weighted by atomic mass is 10.5. The van der Waals surface area contributed by atoms with Gasteiger partial charge < -0.3 is 15.2 Å². The van der Waals surface area contributed by atoms with Crippen LogP contribution in [0.15, 0.2) is 12.0 Å². The van der Waals surface area contributed by atoms with Gasteiger partial charge in [0.15, 0.2) is 6.73 Å². The second kappa shape index (κ2) is 1.84. The van der Waals surface area contributed by atoms with Crippen LogP contribution in [-0.2, 0) is 4.74 Å². The second-order valence-electron chi connectivity index (χ2n) is 1.29. The minimum Gasteiger partial charge on any atom is -0.479 e. The summed E-state index contributed by atoms with van der Waals surface area (Å²) >= 11 is 0. The van der Waals surface area contributed by atoms with Gasteiger partial charge in [-0.25, -0.2) is 0 Å². The van der Waals surface area contributed by atoms with Crippen molar-refractivity contribution in [3.05, 3.63) is 12.0 Å². The van der Waals surface area contributed by atoms with E-state index in [0.29, 0.717) is 6.73 Å². The van der Waals surface area contributed by atoms with Gasteiger partial charge in [-0.1, -0.05) is 0 Å². The highest BCUT2D eigenvalue weighted by atomic mass is 16.5. The van der Waals surface area contributed by atoms with Crippen LogP contribution < -0.4 is 5.32 Å². The van der Waals surface area contributed by atoms with Crippen LogP contribution in [0, 0.1) is 0 Å². The Labute approximate surface area is 41.6 Å². The van der Waals surface area contributed by atoms with Crippen LogP contribution >= 0.6 is 0 Å². The Bertz CT molecular complexity index is 89.7. The van der Waals surface area contributed by atoms with Crippen molar-refractivity contribution in [3.63, 3.8) is 0 Å². The molecule has 1 heterocycles. The number of ether oxygens (including phenoxy) is 1. The Morgan fingerprint density at radius 3 is 3.14 bits per heavy atom. The van der Waals surface area contributed by atoms with Crippen LogP contribution in [0.2, 0.25) is 0 Å². The zero-order chi connectivity index (χ0) is 5.11. The average molecular weight is 101 g/mol. The maximum absolute atomic E-state index is 8.36. The number of rotatable bonds is 1. The standard InChI is InChI=1S/C4H7NO2/c6-1-4-2-7-3-5-4/h2,5-6H,1,3H2. The number of aliphatic hydroxyl groups is 1. The number of hydrogen-bond acceptors (Lipinski definition) is 3. The van der Waals surface area contributed by atoms with E-state index in [-0.39, 0.29) is 6.61 Å². The van der Waals surface area contributed by atoms with Crippen LogP contribution in [0.5, 0.6) is 0 Å². The Hall–Kier alpha value is -0.700. The van der Waals surface area contributed by atoms with Crippen molar-refractivity contribution in [2.24, 2.45) is 0 Å². The molecule has 0 aromatic rings. The highest BCUT2D eigenvalue weighted by Gasteiger charge is 1.98. The lowest BCUT2D eigenvalue weighted by Gasteiger charge is -1.91. The van der Waals surface area contributed by atoms with Gasteiger partial charge in [0.05, 0.1) is 12.3 Å². The van der Waals surface area contributed by atoms with Crippen LogP contribution in [0.25, 0.3) is 0 Å². The van der Waals surface area contributed by atoms with Crippen molar-refractivity contribution in [3.8, 4) is 0 Å². The van der Waals surface area contributed by atoms with Gasteiger partial charge in [-0.2, -0.15) is 0 Å². The van der Waals surface area contributed by atoms with Crippen molar-refractivity contribution >= 4 is 0 Å². The molecule has 1 rings (SSSR count). The van der Waals surface area contributed by atoms with Crippen molar-refractivity contribution in [2.75, 3.05) is 13.3 Å². The van der Waals surface area contributed by atoms with E-state index in [1.807, 2.05) is 0 Å². The molecule has 0 bridgehead atoms. The molecule has 0 aromatic heterocycles. The normalized spacial score (nSPS) is 17.6. The molecule has 1 aliphatic rings. The van der Waals surface area contributed by atoms with Gasteiger partial charge in [0.25, 0.3) is 0 Å². The number of nitrogens with one attached hydrogen (secondary N) is 1. The first kappa shape index (κ1) is 4.46. The number of hydrogen-bond donors (Lipinski definition) is 2. The molecule has 0 aromatic carbocycles. The fourth-order valence-corrected chi connectivity index (χ4v) is 0.411. The van der Waals surface area contributed by atoms with Crippen LogP contribution in [-0.4, -0.2) is 18.4 Å². The molecule has 2 N–H and O–H groups in total. The predicted molar refractivity (Wildman–Crippen MR) is 24.3 cm³/mol. The maximum atomic E-state index is 8.36. The molecule has 0 saturated carbocycles. The maximum Gasteiger partial charge on any atom is 0.158 e. The second-order valence-corrected chi connectivity index (χ2v) is 1.29. The zero-order valence-electron chi connectivity index (χ0n) is 3.85. The van der Waals surface area contributed by atoms with Crippen LogP contribution in [0.4, 0.5) is 0 Å². The molecule has 0 atom stereocenters. The van der Waals surface area contributed by atoms with E-state index < -0.39 is 0 Å². The van der Waals surface area contributed by atoms with Crippen molar-refractivity contribution in [1.82, 2.24) is 5.32 Å². The molecule has 7 heavy (non-hydrogen) atoms. The third kappa shape index (κ3) is 0.838. The van der Waals surface area contributed by atoms with Gasteiger partial charge >= 0.3 is 0 Å². The minimum absolute atomic E-state index is 0.0417. The van der Waals surface area contributed by atoms with Gasteiger partial charge in [0.2, 0.25) is 0 Å². The highest BCUT2D eigenvalue weighted by Crippen LogP contribution is 1.93. The summed E-state index contributed by atoms with van der Waals surface area (Å²) in [5.74, 6) is 0. The summed E-state index contributed by atoms with van der Waals surface area (Å²) in [6.07, 6.45) is 1.51. The summed E-state index contributed by atoms with van der Waals surface area (Å²) in [5, 5.41) is 11.2. The molecule has 0 spiro atoms. The molecule has 40 valence electrons. The topological polar surface area (TPSA) is 41.5 Å². The Balaban J connectivity index is 2.36. The summed E-state index contributed by atoms with van der Waals surface area (Å²) in [7, 11) is 0. The van der Waals surface area contributed by atoms with E-state index >= 15 is 0 Å². The quantitative estimate of drug-likeness (QED) is 0.463. The van der Waals surface area contributed by atoms with Crippen molar-refractivity contribution in [1.29, 1.82) is 0 Å². The smallest absolute Gasteiger partial charge is 0.158 e. The molecular formula is C4H7NO2. The molecule has 1 aliphatic heterocycles. The first-order chi connectivity index (χ1) is 3.43. The molecular weight excluding hydrogens is 94.0 g/mol. The van der Waals surface area contributed by atoms with E-state index in [2.05, 4.69) is 5.32 Å². The Morgan fingerprint density at radius 2 is 2.86 bits per heavy atom. The number of aliphatic hydroxyl groups excluding tert-OH is 1. The highest BCUT2D eigenvalue weighted by molar-refractivity contribution is 4.97. The summed E-state index contributed by atoms with van der Waals surface area (Å²) < 4.78 is 4.71. The molecule has 3 heteroatoms. The van der Waals surface area contributed by atoms with Crippen molar-refractivity contribution in [2.45, 2.75) is 0 Å². The molecule has 0 fully saturated rings. The van der Waals surface area contributed by atoms with Gasteiger partial charge in [-0.15, -0.1) is 0 Å². The van der Waals surface area contributed by atoms with E-state index in [0.717, 1.165) is 5.70 Å². The third-order valence-corrected chi connectivity index (χ3v) is 0.779. The summed E-state index contributed by atoms with van der Waals surface area (Å²) in [6, 6.07) is 0. The predicted octanol–water partition coefficient (Wildman–Crippen LogP) is -0.603. The molecule has 0 saturated heterocycles.